The lowest BCUT2D eigenvalue weighted by Crippen LogP contribution is -2.12. The van der Waals surface area contributed by atoms with Crippen LogP contribution in [0.2, 0.25) is 0 Å². The summed E-state index contributed by atoms with van der Waals surface area (Å²) in [5.74, 6) is -1.65. The lowest BCUT2D eigenvalue weighted by Gasteiger charge is -2.17. The molecule has 34 heavy (non-hydrogen) atoms. The molecule has 6 rings (SSSR count). The van der Waals surface area contributed by atoms with Crippen LogP contribution in [-0.4, -0.2) is 11.6 Å². The minimum Gasteiger partial charge on any atom is -0.289 e. The topological polar surface area (TPSA) is 34.1 Å². The van der Waals surface area contributed by atoms with E-state index in [2.05, 4.69) is 0 Å². The van der Waals surface area contributed by atoms with Crippen LogP contribution in [0.15, 0.2) is 97.1 Å². The second-order valence-corrected chi connectivity index (χ2v) is 8.33. The SMILES string of the molecule is O=C(c1ccc(F)cc1)c1cc2ccc3cccc4ccc(c1C(=O)c1ccc(F)cc1)c2c34. The van der Waals surface area contributed by atoms with E-state index in [4.69, 9.17) is 0 Å². The Balaban J connectivity index is 1.70. The highest BCUT2D eigenvalue weighted by molar-refractivity contribution is 6.32. The normalized spacial score (nSPS) is 11.5. The van der Waals surface area contributed by atoms with Gasteiger partial charge in [0.25, 0.3) is 0 Å². The molecule has 0 aromatic heterocycles. The minimum atomic E-state index is -0.449. The molecule has 4 heteroatoms. The van der Waals surface area contributed by atoms with Crippen molar-refractivity contribution in [3.8, 4) is 0 Å². The number of carbonyl (C=O) groups is 2. The van der Waals surface area contributed by atoms with Crippen molar-refractivity contribution in [3.05, 3.63) is 131 Å². The Morgan fingerprint density at radius 1 is 0.529 bits per heavy atom. The van der Waals surface area contributed by atoms with Crippen molar-refractivity contribution in [2.24, 2.45) is 0 Å². The largest absolute Gasteiger partial charge is 0.289 e. The summed E-state index contributed by atoms with van der Waals surface area (Å²) < 4.78 is 27.0. The van der Waals surface area contributed by atoms with Gasteiger partial charge in [0.1, 0.15) is 11.6 Å². The van der Waals surface area contributed by atoms with Gasteiger partial charge in [-0.15, -0.1) is 0 Å². The maximum Gasteiger partial charge on any atom is 0.194 e. The monoisotopic (exact) mass is 446 g/mol. The van der Waals surface area contributed by atoms with Crippen LogP contribution in [-0.2, 0) is 0 Å². The Hall–Kier alpha value is -4.44. The second kappa shape index (κ2) is 7.56. The first-order valence-corrected chi connectivity index (χ1v) is 10.8. The van der Waals surface area contributed by atoms with Crippen molar-refractivity contribution in [1.29, 1.82) is 0 Å². The quantitative estimate of drug-likeness (QED) is 0.210. The van der Waals surface area contributed by atoms with Crippen LogP contribution < -0.4 is 0 Å². The van der Waals surface area contributed by atoms with Gasteiger partial charge in [0.2, 0.25) is 0 Å². The van der Waals surface area contributed by atoms with Crippen LogP contribution in [0, 0.1) is 11.6 Å². The molecule has 0 fully saturated rings. The molecule has 0 heterocycles. The summed E-state index contributed by atoms with van der Waals surface area (Å²) in [6.07, 6.45) is 0. The number of rotatable bonds is 4. The summed E-state index contributed by atoms with van der Waals surface area (Å²) in [6, 6.07) is 26.0. The zero-order valence-corrected chi connectivity index (χ0v) is 17.8. The Kier molecular flexibility index (Phi) is 4.49. The van der Waals surface area contributed by atoms with Gasteiger partial charge < -0.3 is 0 Å². The minimum absolute atomic E-state index is 0.229. The zero-order valence-electron chi connectivity index (χ0n) is 17.8. The Bertz CT molecular complexity index is 1720. The van der Waals surface area contributed by atoms with Crippen LogP contribution in [0.4, 0.5) is 8.78 Å². The molecule has 6 aromatic carbocycles. The first-order valence-electron chi connectivity index (χ1n) is 10.8. The van der Waals surface area contributed by atoms with Crippen LogP contribution in [0.3, 0.4) is 0 Å². The fourth-order valence-electron chi connectivity index (χ4n) is 4.74. The van der Waals surface area contributed by atoms with Crippen LogP contribution in [0.25, 0.3) is 32.3 Å². The summed E-state index contributed by atoms with van der Waals surface area (Å²) >= 11 is 0. The van der Waals surface area contributed by atoms with Gasteiger partial charge in [0.15, 0.2) is 11.6 Å². The molecule has 2 nitrogen and oxygen atoms in total. The van der Waals surface area contributed by atoms with E-state index in [1.807, 2.05) is 42.5 Å². The third-order valence-corrected chi connectivity index (χ3v) is 6.33. The summed E-state index contributed by atoms with van der Waals surface area (Å²) in [4.78, 5) is 27.4. The predicted molar refractivity (Wildman–Crippen MR) is 130 cm³/mol. The second-order valence-electron chi connectivity index (χ2n) is 8.33. The zero-order chi connectivity index (χ0) is 23.4. The number of halogens is 2. The molecule has 0 aliphatic carbocycles. The van der Waals surface area contributed by atoms with E-state index in [1.165, 1.54) is 48.5 Å². The molecule has 0 aliphatic rings. The van der Waals surface area contributed by atoms with Gasteiger partial charge in [-0.25, -0.2) is 8.78 Å². The van der Waals surface area contributed by atoms with Crippen molar-refractivity contribution in [3.63, 3.8) is 0 Å². The van der Waals surface area contributed by atoms with E-state index in [9.17, 15) is 18.4 Å². The Morgan fingerprint density at radius 3 is 1.68 bits per heavy atom. The Labute approximate surface area is 193 Å². The molecule has 0 saturated carbocycles. The number of hydrogen-bond donors (Lipinski definition) is 0. The van der Waals surface area contributed by atoms with Gasteiger partial charge in [-0.05, 0) is 86.9 Å². The predicted octanol–water partition coefficient (Wildman–Crippen LogP) is 7.32. The summed E-state index contributed by atoms with van der Waals surface area (Å²) in [5, 5.41) is 5.48. The molecule has 0 radical (unpaired) electrons. The molecule has 0 saturated heterocycles. The highest BCUT2D eigenvalue weighted by Gasteiger charge is 2.25. The van der Waals surface area contributed by atoms with Gasteiger partial charge in [0.05, 0.1) is 0 Å². The highest BCUT2D eigenvalue weighted by Crippen LogP contribution is 2.38. The number of carbonyl (C=O) groups excluding carboxylic acids is 2. The van der Waals surface area contributed by atoms with Crippen molar-refractivity contribution < 1.29 is 18.4 Å². The van der Waals surface area contributed by atoms with E-state index < -0.39 is 11.6 Å². The number of hydrogen-bond acceptors (Lipinski definition) is 2. The molecule has 0 N–H and O–H groups in total. The van der Waals surface area contributed by atoms with Gasteiger partial charge >= 0.3 is 0 Å². The highest BCUT2D eigenvalue weighted by atomic mass is 19.1. The fraction of sp³-hybridized carbons (Fsp3) is 0. The van der Waals surface area contributed by atoms with Gasteiger partial charge in [-0.2, -0.15) is 0 Å². The first kappa shape index (κ1) is 20.2. The molecule has 0 atom stereocenters. The smallest absolute Gasteiger partial charge is 0.194 e. The van der Waals surface area contributed by atoms with Gasteiger partial charge in [0, 0.05) is 22.3 Å². The van der Waals surface area contributed by atoms with E-state index in [0.717, 1.165) is 26.9 Å². The maximum atomic E-state index is 13.8. The van der Waals surface area contributed by atoms with Crippen molar-refractivity contribution >= 4 is 43.9 Å². The van der Waals surface area contributed by atoms with E-state index in [1.54, 1.807) is 6.07 Å². The molecule has 0 aliphatic heterocycles. The van der Waals surface area contributed by atoms with Gasteiger partial charge in [-0.1, -0.05) is 42.5 Å². The molecule has 0 amide bonds. The van der Waals surface area contributed by atoms with Crippen molar-refractivity contribution in [2.45, 2.75) is 0 Å². The molecule has 0 spiro atoms. The van der Waals surface area contributed by atoms with Crippen LogP contribution >= 0.6 is 0 Å². The van der Waals surface area contributed by atoms with Crippen LogP contribution in [0.1, 0.15) is 31.8 Å². The third-order valence-electron chi connectivity index (χ3n) is 6.33. The molecular formula is C30H16F2O2. The molecule has 0 bridgehead atoms. The van der Waals surface area contributed by atoms with E-state index in [0.29, 0.717) is 5.39 Å². The fourth-order valence-corrected chi connectivity index (χ4v) is 4.74. The van der Waals surface area contributed by atoms with Gasteiger partial charge in [-0.3, -0.25) is 9.59 Å². The van der Waals surface area contributed by atoms with E-state index >= 15 is 0 Å². The third kappa shape index (κ3) is 3.07. The van der Waals surface area contributed by atoms with Crippen molar-refractivity contribution in [1.82, 2.24) is 0 Å². The average Bonchev–Trinajstić information content (AvgIpc) is 2.87. The van der Waals surface area contributed by atoms with E-state index in [-0.39, 0.29) is 33.8 Å². The standard InChI is InChI=1S/C30H16F2O2/c31-22-11-6-19(7-12-22)29(33)25-16-21-5-4-17-2-1-3-18-10-15-24(27(21)26(17)18)28(25)30(34)20-8-13-23(32)14-9-20/h1-16H. The summed E-state index contributed by atoms with van der Waals surface area (Å²) in [5.41, 5.74) is 1.05. The lowest BCUT2D eigenvalue weighted by atomic mass is 9.84. The molecule has 6 aromatic rings. The maximum absolute atomic E-state index is 13.8. The average molecular weight is 446 g/mol. The molecule has 0 unspecified atom stereocenters. The lowest BCUT2D eigenvalue weighted by molar-refractivity contribution is 0.100. The van der Waals surface area contributed by atoms with Crippen LogP contribution in [0.5, 0.6) is 0 Å². The van der Waals surface area contributed by atoms with Crippen molar-refractivity contribution in [2.75, 3.05) is 0 Å². The first-order chi connectivity index (χ1) is 16.5. The number of ketones is 2. The molecular weight excluding hydrogens is 430 g/mol. The summed E-state index contributed by atoms with van der Waals surface area (Å²) in [7, 11) is 0. The molecule has 162 valence electrons. The number of benzene rings is 6. The summed E-state index contributed by atoms with van der Waals surface area (Å²) in [6.45, 7) is 0. The Morgan fingerprint density at radius 2 is 1.06 bits per heavy atom.